The first-order valence-corrected chi connectivity index (χ1v) is 10.2. The lowest BCUT2D eigenvalue weighted by atomic mass is 9.87. The van der Waals surface area contributed by atoms with E-state index in [1.807, 2.05) is 26.0 Å². The molecule has 0 fully saturated rings. The molecule has 0 bridgehead atoms. The van der Waals surface area contributed by atoms with Gasteiger partial charge in [-0.3, -0.25) is 5.41 Å². The minimum Gasteiger partial charge on any atom is -0.329 e. The van der Waals surface area contributed by atoms with Gasteiger partial charge in [-0.2, -0.15) is 0 Å². The predicted molar refractivity (Wildman–Crippen MR) is 111 cm³/mol. The van der Waals surface area contributed by atoms with E-state index >= 15 is 0 Å². The predicted octanol–water partition coefficient (Wildman–Crippen LogP) is 5.25. The summed E-state index contributed by atoms with van der Waals surface area (Å²) in [5.41, 5.74) is 3.17. The normalized spacial score (nSPS) is 15.5. The Labute approximate surface area is 166 Å². The molecular formula is C22H28N2O2S. The van der Waals surface area contributed by atoms with Gasteiger partial charge in [-0.05, 0) is 55.2 Å². The van der Waals surface area contributed by atoms with Crippen molar-refractivity contribution in [2.45, 2.75) is 55.7 Å². The van der Waals surface area contributed by atoms with Gasteiger partial charge in [-0.15, -0.1) is 0 Å². The maximum absolute atomic E-state index is 8.24. The lowest BCUT2D eigenvalue weighted by Gasteiger charge is -2.29. The van der Waals surface area contributed by atoms with E-state index in [4.69, 9.17) is 14.9 Å². The van der Waals surface area contributed by atoms with Crippen LogP contribution in [-0.2, 0) is 20.8 Å². The molecule has 144 valence electrons. The van der Waals surface area contributed by atoms with E-state index in [1.54, 1.807) is 11.8 Å². The van der Waals surface area contributed by atoms with Gasteiger partial charge in [0, 0.05) is 34.1 Å². The van der Waals surface area contributed by atoms with Crippen LogP contribution in [0.25, 0.3) is 0 Å². The van der Waals surface area contributed by atoms with Crippen LogP contribution in [0.3, 0.4) is 0 Å². The molecule has 0 aromatic heterocycles. The Bertz CT molecular complexity index is 819. The number of rotatable bonds is 6. The van der Waals surface area contributed by atoms with Gasteiger partial charge in [0.25, 0.3) is 5.91 Å². The number of hydrogen-bond donors (Lipinski definition) is 2. The number of benzene rings is 2. The van der Waals surface area contributed by atoms with Crippen LogP contribution in [0.15, 0.2) is 52.3 Å². The molecule has 0 aliphatic carbocycles. The second kappa shape index (κ2) is 7.66. The molecule has 0 saturated carbocycles. The average Bonchev–Trinajstić information content (AvgIpc) is 2.87. The zero-order valence-corrected chi connectivity index (χ0v) is 17.5. The summed E-state index contributed by atoms with van der Waals surface area (Å²) in [7, 11) is 0. The quantitative estimate of drug-likeness (QED) is 0.668. The standard InChI is InChI=1S/C22H28N2O2S/c1-6-25-22(26-7-2)19-14-17(12-13-18(19)20(23)24-22)27-16-10-8-15(9-11-16)21(3,4)5/h8-14H,6-7H2,1-5H3,(H2,23,24). The maximum Gasteiger partial charge on any atom is 0.279 e. The Morgan fingerprint density at radius 3 is 2.11 bits per heavy atom. The molecule has 0 unspecified atom stereocenters. The average molecular weight is 385 g/mol. The fourth-order valence-corrected chi connectivity index (χ4v) is 4.07. The molecule has 2 N–H and O–H groups in total. The first-order valence-electron chi connectivity index (χ1n) is 9.37. The Morgan fingerprint density at radius 2 is 1.56 bits per heavy atom. The zero-order valence-electron chi connectivity index (χ0n) is 16.7. The minimum atomic E-state index is -1.07. The van der Waals surface area contributed by atoms with Crippen LogP contribution >= 0.6 is 11.8 Å². The Kier molecular flexibility index (Phi) is 5.65. The summed E-state index contributed by atoms with van der Waals surface area (Å²) < 4.78 is 11.8. The van der Waals surface area contributed by atoms with Crippen LogP contribution in [0.1, 0.15) is 51.3 Å². The fourth-order valence-electron chi connectivity index (χ4n) is 3.21. The van der Waals surface area contributed by atoms with Crippen LogP contribution in [0.2, 0.25) is 0 Å². The third-order valence-electron chi connectivity index (χ3n) is 4.56. The van der Waals surface area contributed by atoms with Gasteiger partial charge in [0.1, 0.15) is 5.84 Å². The first-order chi connectivity index (χ1) is 12.8. The van der Waals surface area contributed by atoms with Crippen molar-refractivity contribution >= 4 is 17.6 Å². The van der Waals surface area contributed by atoms with Crippen LogP contribution in [0.5, 0.6) is 0 Å². The van der Waals surface area contributed by atoms with Crippen molar-refractivity contribution in [2.75, 3.05) is 13.2 Å². The molecule has 0 radical (unpaired) electrons. The second-order valence-corrected chi connectivity index (χ2v) is 8.71. The summed E-state index contributed by atoms with van der Waals surface area (Å²) in [6, 6.07) is 14.8. The van der Waals surface area contributed by atoms with Crippen molar-refractivity contribution in [3.63, 3.8) is 0 Å². The second-order valence-electron chi connectivity index (χ2n) is 7.57. The maximum atomic E-state index is 8.24. The lowest BCUT2D eigenvalue weighted by Crippen LogP contribution is -2.44. The summed E-state index contributed by atoms with van der Waals surface area (Å²) in [5, 5.41) is 11.3. The zero-order chi connectivity index (χ0) is 19.7. The molecule has 5 heteroatoms. The van der Waals surface area contributed by atoms with Crippen molar-refractivity contribution in [2.24, 2.45) is 0 Å². The number of nitrogens with one attached hydrogen (secondary N) is 2. The third kappa shape index (κ3) is 4.05. The van der Waals surface area contributed by atoms with Crippen molar-refractivity contribution in [1.29, 1.82) is 5.41 Å². The van der Waals surface area contributed by atoms with E-state index in [2.05, 4.69) is 56.4 Å². The van der Waals surface area contributed by atoms with Crippen molar-refractivity contribution in [3.8, 4) is 0 Å². The third-order valence-corrected chi connectivity index (χ3v) is 5.55. The highest BCUT2D eigenvalue weighted by atomic mass is 32.2. The molecule has 4 nitrogen and oxygen atoms in total. The van der Waals surface area contributed by atoms with Crippen LogP contribution in [-0.4, -0.2) is 19.0 Å². The highest BCUT2D eigenvalue weighted by Gasteiger charge is 2.43. The number of ether oxygens (including phenoxy) is 2. The molecule has 1 aliphatic heterocycles. The Balaban J connectivity index is 1.90. The van der Waals surface area contributed by atoms with E-state index in [9.17, 15) is 0 Å². The van der Waals surface area contributed by atoms with Gasteiger partial charge >= 0.3 is 0 Å². The molecule has 0 spiro atoms. The topological polar surface area (TPSA) is 54.3 Å². The van der Waals surface area contributed by atoms with Gasteiger partial charge in [-0.25, -0.2) is 0 Å². The summed E-state index contributed by atoms with van der Waals surface area (Å²) >= 11 is 1.70. The Morgan fingerprint density at radius 1 is 0.963 bits per heavy atom. The van der Waals surface area contributed by atoms with Gasteiger partial charge in [0.15, 0.2) is 0 Å². The van der Waals surface area contributed by atoms with Crippen molar-refractivity contribution < 1.29 is 9.47 Å². The SMILES string of the molecule is CCOC1(OCC)NC(=N)c2ccc(Sc3ccc(C(C)(C)C)cc3)cc21. The highest BCUT2D eigenvalue weighted by molar-refractivity contribution is 7.99. The number of fused-ring (bicyclic) bond motifs is 1. The van der Waals surface area contributed by atoms with Crippen LogP contribution in [0.4, 0.5) is 0 Å². The molecule has 27 heavy (non-hydrogen) atoms. The van der Waals surface area contributed by atoms with E-state index in [0.717, 1.165) is 16.0 Å². The van der Waals surface area contributed by atoms with Gasteiger partial charge in [-0.1, -0.05) is 44.7 Å². The molecule has 1 heterocycles. The van der Waals surface area contributed by atoms with Crippen molar-refractivity contribution in [1.82, 2.24) is 5.32 Å². The summed E-state index contributed by atoms with van der Waals surface area (Å²) in [4.78, 5) is 2.28. The van der Waals surface area contributed by atoms with E-state index < -0.39 is 5.91 Å². The van der Waals surface area contributed by atoms with Gasteiger partial charge < -0.3 is 14.8 Å². The van der Waals surface area contributed by atoms with Gasteiger partial charge in [0.05, 0.1) is 0 Å². The molecule has 3 rings (SSSR count). The Hall–Kier alpha value is -1.82. The summed E-state index contributed by atoms with van der Waals surface area (Å²) in [5.74, 6) is -0.735. The van der Waals surface area contributed by atoms with E-state index in [1.165, 1.54) is 10.5 Å². The van der Waals surface area contributed by atoms with Crippen LogP contribution < -0.4 is 5.32 Å². The molecule has 0 amide bonds. The fraction of sp³-hybridized carbons (Fsp3) is 0.409. The number of amidine groups is 1. The molecule has 1 aliphatic rings. The molecule has 0 saturated heterocycles. The minimum absolute atomic E-state index is 0.150. The molecule has 2 aromatic rings. The first kappa shape index (κ1) is 19.9. The molecule has 0 atom stereocenters. The summed E-state index contributed by atoms with van der Waals surface area (Å²) in [6.45, 7) is 11.5. The largest absolute Gasteiger partial charge is 0.329 e. The van der Waals surface area contributed by atoms with E-state index in [-0.39, 0.29) is 5.41 Å². The van der Waals surface area contributed by atoms with E-state index in [0.29, 0.717) is 19.0 Å². The monoisotopic (exact) mass is 384 g/mol. The highest BCUT2D eigenvalue weighted by Crippen LogP contribution is 2.38. The molecule has 2 aromatic carbocycles. The van der Waals surface area contributed by atoms with Crippen LogP contribution in [0, 0.1) is 5.41 Å². The number of hydrogen-bond acceptors (Lipinski definition) is 4. The smallest absolute Gasteiger partial charge is 0.279 e. The lowest BCUT2D eigenvalue weighted by molar-refractivity contribution is -0.249. The van der Waals surface area contributed by atoms with Gasteiger partial charge in [0.2, 0.25) is 0 Å². The van der Waals surface area contributed by atoms with Crippen molar-refractivity contribution in [3.05, 3.63) is 59.2 Å². The summed E-state index contributed by atoms with van der Waals surface area (Å²) in [6.07, 6.45) is 0. The molecular weight excluding hydrogens is 356 g/mol.